The van der Waals surface area contributed by atoms with Crippen LogP contribution in [0.15, 0.2) is 77.7 Å². The summed E-state index contributed by atoms with van der Waals surface area (Å²) in [4.78, 5) is 28.8. The molecule has 0 saturated carbocycles. The predicted octanol–water partition coefficient (Wildman–Crippen LogP) is 5.49. The number of benzene rings is 3. The fourth-order valence-electron chi connectivity index (χ4n) is 4.38. The molecular weight excluding hydrogens is 534 g/mol. The normalized spacial score (nSPS) is 12.0. The topological polar surface area (TPSA) is 86.8 Å². The quantitative estimate of drug-likeness (QED) is 0.313. The van der Waals surface area contributed by atoms with Crippen LogP contribution in [0.2, 0.25) is 5.02 Å². The van der Waals surface area contributed by atoms with Gasteiger partial charge in [-0.1, -0.05) is 79.5 Å². The molecule has 0 unspecified atom stereocenters. The van der Waals surface area contributed by atoms with E-state index in [4.69, 9.17) is 11.6 Å². The van der Waals surface area contributed by atoms with Gasteiger partial charge in [-0.3, -0.25) is 13.9 Å². The number of carbonyl (C=O) groups excluding carboxylic acids is 2. The highest BCUT2D eigenvalue weighted by molar-refractivity contribution is 7.92. The van der Waals surface area contributed by atoms with Crippen LogP contribution < -0.4 is 9.62 Å². The van der Waals surface area contributed by atoms with E-state index in [0.717, 1.165) is 21.9 Å². The molecule has 1 N–H and O–H groups in total. The highest BCUT2D eigenvalue weighted by atomic mass is 35.5. The fraction of sp³-hybridized carbons (Fsp3) is 0.333. The first-order valence-electron chi connectivity index (χ1n) is 13.0. The molecule has 0 aliphatic rings. The summed E-state index contributed by atoms with van der Waals surface area (Å²) in [7, 11) is -4.14. The smallest absolute Gasteiger partial charge is 0.264 e. The Bertz CT molecular complexity index is 1400. The van der Waals surface area contributed by atoms with Gasteiger partial charge in [-0.2, -0.15) is 0 Å². The highest BCUT2D eigenvalue weighted by Gasteiger charge is 2.34. The van der Waals surface area contributed by atoms with Crippen LogP contribution in [0, 0.1) is 13.8 Å². The molecule has 39 heavy (non-hydrogen) atoms. The van der Waals surface area contributed by atoms with Crippen molar-refractivity contribution in [3.05, 3.63) is 94.5 Å². The first-order valence-corrected chi connectivity index (χ1v) is 14.9. The number of hydrogen-bond donors (Lipinski definition) is 1. The van der Waals surface area contributed by atoms with E-state index < -0.39 is 28.5 Å². The largest absolute Gasteiger partial charge is 0.354 e. The van der Waals surface area contributed by atoms with Crippen molar-refractivity contribution in [3.63, 3.8) is 0 Å². The van der Waals surface area contributed by atoms with E-state index in [1.807, 2.05) is 45.0 Å². The number of nitrogens with one attached hydrogen (secondary N) is 1. The van der Waals surface area contributed by atoms with E-state index in [-0.39, 0.29) is 17.3 Å². The lowest BCUT2D eigenvalue weighted by molar-refractivity contribution is -0.140. The number of sulfonamides is 1. The summed E-state index contributed by atoms with van der Waals surface area (Å²) in [6.07, 6.45) is 1.12. The summed E-state index contributed by atoms with van der Waals surface area (Å²) < 4.78 is 28.9. The third-order valence-corrected chi connectivity index (χ3v) is 8.43. The van der Waals surface area contributed by atoms with Crippen molar-refractivity contribution >= 4 is 39.1 Å². The van der Waals surface area contributed by atoms with Crippen molar-refractivity contribution in [3.8, 4) is 0 Å². The summed E-state index contributed by atoms with van der Waals surface area (Å²) >= 11 is 6.27. The second-order valence-electron chi connectivity index (χ2n) is 9.48. The van der Waals surface area contributed by atoms with Crippen molar-refractivity contribution in [2.75, 3.05) is 17.4 Å². The molecule has 0 aliphatic heterocycles. The Morgan fingerprint density at radius 3 is 2.31 bits per heavy atom. The average Bonchev–Trinajstić information content (AvgIpc) is 2.92. The predicted molar refractivity (Wildman–Crippen MR) is 156 cm³/mol. The molecule has 0 fully saturated rings. The van der Waals surface area contributed by atoms with Gasteiger partial charge in [0.1, 0.15) is 12.6 Å². The lowest BCUT2D eigenvalue weighted by atomic mass is 10.1. The number of rotatable bonds is 12. The van der Waals surface area contributed by atoms with Crippen LogP contribution >= 0.6 is 11.6 Å². The standard InChI is InChI=1S/C30H36ClN3O4S/c1-5-17-32-30(36)27(6-2)33(20-24-12-10-11-22(3)18-24)29(35)21-34(28-19-25(31)16-15-23(28)4)39(37,38)26-13-8-7-9-14-26/h7-16,18-19,27H,5-6,17,20-21H2,1-4H3,(H,32,36)/t27-/m1/s1. The molecule has 0 aliphatic carbocycles. The first kappa shape index (κ1) is 30.2. The Hall–Kier alpha value is -3.36. The Morgan fingerprint density at radius 2 is 1.67 bits per heavy atom. The minimum absolute atomic E-state index is 0.0511. The van der Waals surface area contributed by atoms with Crippen molar-refractivity contribution in [2.45, 2.75) is 58.0 Å². The van der Waals surface area contributed by atoms with Gasteiger partial charge in [0, 0.05) is 18.1 Å². The van der Waals surface area contributed by atoms with Crippen LogP contribution in [0.4, 0.5) is 5.69 Å². The van der Waals surface area contributed by atoms with Gasteiger partial charge in [-0.05, 0) is 62.1 Å². The molecule has 0 saturated heterocycles. The van der Waals surface area contributed by atoms with Gasteiger partial charge >= 0.3 is 0 Å². The molecular formula is C30H36ClN3O4S. The van der Waals surface area contributed by atoms with Crippen molar-refractivity contribution in [2.24, 2.45) is 0 Å². The SMILES string of the molecule is CCCNC(=O)[C@@H](CC)N(Cc1cccc(C)c1)C(=O)CN(c1cc(Cl)ccc1C)S(=O)(=O)c1ccccc1. The summed E-state index contributed by atoms with van der Waals surface area (Å²) in [5.74, 6) is -0.759. The summed E-state index contributed by atoms with van der Waals surface area (Å²) in [5, 5.41) is 3.24. The van der Waals surface area contributed by atoms with Gasteiger partial charge in [-0.25, -0.2) is 8.42 Å². The second-order valence-corrected chi connectivity index (χ2v) is 11.8. The zero-order chi connectivity index (χ0) is 28.6. The average molecular weight is 570 g/mol. The summed E-state index contributed by atoms with van der Waals surface area (Å²) in [6.45, 7) is 7.66. The van der Waals surface area contributed by atoms with E-state index in [9.17, 15) is 18.0 Å². The van der Waals surface area contributed by atoms with Gasteiger partial charge in [0.15, 0.2) is 0 Å². The number of anilines is 1. The van der Waals surface area contributed by atoms with E-state index in [1.54, 1.807) is 43.3 Å². The molecule has 1 atom stereocenters. The lowest BCUT2D eigenvalue weighted by Gasteiger charge is -2.33. The maximum atomic E-state index is 14.1. The van der Waals surface area contributed by atoms with Gasteiger partial charge in [-0.15, -0.1) is 0 Å². The van der Waals surface area contributed by atoms with E-state index in [0.29, 0.717) is 29.2 Å². The monoisotopic (exact) mass is 569 g/mol. The summed E-state index contributed by atoms with van der Waals surface area (Å²) in [5.41, 5.74) is 2.82. The molecule has 0 spiro atoms. The van der Waals surface area contributed by atoms with E-state index >= 15 is 0 Å². The maximum absolute atomic E-state index is 14.1. The van der Waals surface area contributed by atoms with Crippen LogP contribution in [0.25, 0.3) is 0 Å². The van der Waals surface area contributed by atoms with Crippen LogP contribution in [-0.4, -0.2) is 44.3 Å². The van der Waals surface area contributed by atoms with Gasteiger partial charge in [0.2, 0.25) is 11.8 Å². The van der Waals surface area contributed by atoms with Gasteiger partial charge in [0.05, 0.1) is 10.6 Å². The van der Waals surface area contributed by atoms with Crippen molar-refractivity contribution < 1.29 is 18.0 Å². The minimum Gasteiger partial charge on any atom is -0.354 e. The number of carbonyl (C=O) groups is 2. The van der Waals surface area contributed by atoms with Crippen LogP contribution in [-0.2, 0) is 26.2 Å². The molecule has 2 amide bonds. The lowest BCUT2D eigenvalue weighted by Crippen LogP contribution is -2.52. The Morgan fingerprint density at radius 1 is 0.949 bits per heavy atom. The minimum atomic E-state index is -4.14. The molecule has 0 heterocycles. The Labute approximate surface area is 236 Å². The van der Waals surface area contributed by atoms with E-state index in [1.165, 1.54) is 17.0 Å². The zero-order valence-corrected chi connectivity index (χ0v) is 24.4. The zero-order valence-electron chi connectivity index (χ0n) is 22.9. The third-order valence-electron chi connectivity index (χ3n) is 6.42. The molecule has 208 valence electrons. The Kier molecular flexibility index (Phi) is 10.5. The highest BCUT2D eigenvalue weighted by Crippen LogP contribution is 2.30. The third kappa shape index (κ3) is 7.61. The molecule has 0 radical (unpaired) electrons. The molecule has 3 aromatic carbocycles. The molecule has 0 aromatic heterocycles. The number of aryl methyl sites for hydroxylation is 2. The van der Waals surface area contributed by atoms with Gasteiger partial charge < -0.3 is 10.2 Å². The second kappa shape index (κ2) is 13.6. The molecule has 0 bridgehead atoms. The molecule has 7 nitrogen and oxygen atoms in total. The Balaban J connectivity index is 2.08. The number of nitrogens with zero attached hydrogens (tertiary/aromatic N) is 2. The molecule has 3 aromatic rings. The molecule has 3 rings (SSSR count). The van der Waals surface area contributed by atoms with Crippen molar-refractivity contribution in [1.29, 1.82) is 0 Å². The van der Waals surface area contributed by atoms with Crippen LogP contribution in [0.1, 0.15) is 43.4 Å². The number of hydrogen-bond acceptors (Lipinski definition) is 4. The first-order chi connectivity index (χ1) is 18.6. The summed E-state index contributed by atoms with van der Waals surface area (Å²) in [6, 6.07) is 19.8. The number of amides is 2. The van der Waals surface area contributed by atoms with E-state index in [2.05, 4.69) is 5.32 Å². The van der Waals surface area contributed by atoms with Crippen molar-refractivity contribution in [1.82, 2.24) is 10.2 Å². The maximum Gasteiger partial charge on any atom is 0.264 e. The van der Waals surface area contributed by atoms with Crippen LogP contribution in [0.5, 0.6) is 0 Å². The number of halogens is 1. The van der Waals surface area contributed by atoms with Gasteiger partial charge in [0.25, 0.3) is 10.0 Å². The molecule has 9 heteroatoms. The fourth-order valence-corrected chi connectivity index (χ4v) is 6.03. The van der Waals surface area contributed by atoms with Crippen LogP contribution in [0.3, 0.4) is 0 Å².